The van der Waals surface area contributed by atoms with E-state index in [9.17, 15) is 0 Å². The van der Waals surface area contributed by atoms with Crippen LogP contribution in [-0.4, -0.2) is 5.56 Å². The molecular formula is C8H8BrClO. The van der Waals surface area contributed by atoms with Crippen molar-refractivity contribution in [2.24, 2.45) is 0 Å². The molecule has 0 spiro atoms. The minimum atomic E-state index is -0.288. The fourth-order valence-electron chi connectivity index (χ4n) is 0.728. The van der Waals surface area contributed by atoms with E-state index in [1.165, 1.54) is 0 Å². The molecule has 0 heterocycles. The molecule has 1 atom stereocenters. The van der Waals surface area contributed by atoms with Crippen LogP contribution >= 0.6 is 27.5 Å². The zero-order chi connectivity index (χ0) is 8.27. The van der Waals surface area contributed by atoms with Gasteiger partial charge in [-0.25, -0.2) is 0 Å². The Balaban J connectivity index is 2.71. The fourth-order valence-corrected chi connectivity index (χ4v) is 1.21. The first kappa shape index (κ1) is 8.88. The summed E-state index contributed by atoms with van der Waals surface area (Å²) in [7, 11) is 0. The predicted octanol–water partition coefficient (Wildman–Crippen LogP) is 3.41. The number of halogens is 2. The molecule has 0 aliphatic carbocycles. The van der Waals surface area contributed by atoms with E-state index in [1.54, 1.807) is 6.92 Å². The van der Waals surface area contributed by atoms with Gasteiger partial charge >= 0.3 is 0 Å². The van der Waals surface area contributed by atoms with Gasteiger partial charge in [0.05, 0.1) is 0 Å². The molecule has 60 valence electrons. The van der Waals surface area contributed by atoms with Crippen LogP contribution in [0.25, 0.3) is 0 Å². The minimum absolute atomic E-state index is 0.288. The van der Waals surface area contributed by atoms with Gasteiger partial charge in [-0.15, -0.1) is 0 Å². The molecule has 0 radical (unpaired) electrons. The average molecular weight is 236 g/mol. The molecular weight excluding hydrogens is 227 g/mol. The van der Waals surface area contributed by atoms with Gasteiger partial charge in [0.1, 0.15) is 5.75 Å². The van der Waals surface area contributed by atoms with Crippen LogP contribution in [-0.2, 0) is 0 Å². The highest BCUT2D eigenvalue weighted by atomic mass is 79.9. The number of rotatable bonds is 2. The van der Waals surface area contributed by atoms with Crippen LogP contribution in [0.5, 0.6) is 5.75 Å². The van der Waals surface area contributed by atoms with Crippen molar-refractivity contribution in [1.29, 1.82) is 0 Å². The smallest absolute Gasteiger partial charge is 0.169 e. The second-order valence-corrected chi connectivity index (χ2v) is 3.65. The van der Waals surface area contributed by atoms with Crippen molar-refractivity contribution in [2.75, 3.05) is 0 Å². The molecule has 11 heavy (non-hydrogen) atoms. The lowest BCUT2D eigenvalue weighted by molar-refractivity contribution is 0.301. The standard InChI is InChI=1S/C8H8BrClO/c1-6(10)11-8-4-2-3-7(9)5-8/h2-6H,1H3. The minimum Gasteiger partial charge on any atom is -0.475 e. The third-order valence-corrected chi connectivity index (χ3v) is 1.68. The Morgan fingerprint density at radius 1 is 1.55 bits per heavy atom. The first-order valence-electron chi connectivity index (χ1n) is 3.25. The quantitative estimate of drug-likeness (QED) is 0.714. The summed E-state index contributed by atoms with van der Waals surface area (Å²) in [5, 5.41) is 0. The zero-order valence-corrected chi connectivity index (χ0v) is 8.39. The summed E-state index contributed by atoms with van der Waals surface area (Å²) in [5.41, 5.74) is -0.288. The molecule has 0 N–H and O–H groups in total. The van der Waals surface area contributed by atoms with Gasteiger partial charge < -0.3 is 4.74 Å². The van der Waals surface area contributed by atoms with Crippen LogP contribution in [0.15, 0.2) is 28.7 Å². The second-order valence-electron chi connectivity index (χ2n) is 2.12. The van der Waals surface area contributed by atoms with E-state index < -0.39 is 0 Å². The molecule has 0 fully saturated rings. The Morgan fingerprint density at radius 3 is 2.82 bits per heavy atom. The maximum atomic E-state index is 5.63. The Kier molecular flexibility index (Phi) is 3.21. The van der Waals surface area contributed by atoms with Crippen molar-refractivity contribution in [1.82, 2.24) is 0 Å². The van der Waals surface area contributed by atoms with Crippen molar-refractivity contribution >= 4 is 27.5 Å². The zero-order valence-electron chi connectivity index (χ0n) is 6.05. The molecule has 3 heteroatoms. The van der Waals surface area contributed by atoms with Gasteiger partial charge in [0.2, 0.25) is 0 Å². The fraction of sp³-hybridized carbons (Fsp3) is 0.250. The Hall–Kier alpha value is -0.210. The van der Waals surface area contributed by atoms with Crippen LogP contribution in [0, 0.1) is 0 Å². The number of ether oxygens (including phenoxy) is 1. The monoisotopic (exact) mass is 234 g/mol. The average Bonchev–Trinajstić information content (AvgIpc) is 1.85. The van der Waals surface area contributed by atoms with Gasteiger partial charge in [0.25, 0.3) is 0 Å². The number of hydrogen-bond donors (Lipinski definition) is 0. The van der Waals surface area contributed by atoms with Gasteiger partial charge in [-0.1, -0.05) is 33.6 Å². The molecule has 0 aliphatic rings. The van der Waals surface area contributed by atoms with Gasteiger partial charge in [-0.2, -0.15) is 0 Å². The summed E-state index contributed by atoms with van der Waals surface area (Å²) in [6.07, 6.45) is 0. The third kappa shape index (κ3) is 3.12. The van der Waals surface area contributed by atoms with Crippen molar-refractivity contribution in [2.45, 2.75) is 12.5 Å². The summed E-state index contributed by atoms with van der Waals surface area (Å²) in [4.78, 5) is 0. The number of alkyl halides is 1. The molecule has 1 rings (SSSR count). The van der Waals surface area contributed by atoms with E-state index in [2.05, 4.69) is 15.9 Å². The summed E-state index contributed by atoms with van der Waals surface area (Å²) < 4.78 is 6.22. The van der Waals surface area contributed by atoms with Crippen LogP contribution in [0.1, 0.15) is 6.92 Å². The normalized spacial score (nSPS) is 12.6. The molecule has 0 saturated heterocycles. The second kappa shape index (κ2) is 3.98. The molecule has 0 saturated carbocycles. The summed E-state index contributed by atoms with van der Waals surface area (Å²) in [5.74, 6) is 0.780. The molecule has 0 aromatic heterocycles. The lowest BCUT2D eigenvalue weighted by Crippen LogP contribution is -2.01. The highest BCUT2D eigenvalue weighted by molar-refractivity contribution is 9.10. The van der Waals surface area contributed by atoms with Crippen LogP contribution < -0.4 is 4.74 Å². The largest absolute Gasteiger partial charge is 0.475 e. The summed E-state index contributed by atoms with van der Waals surface area (Å²) in [6.45, 7) is 1.78. The van der Waals surface area contributed by atoms with E-state index in [4.69, 9.17) is 16.3 Å². The van der Waals surface area contributed by atoms with Gasteiger partial charge in [-0.05, 0) is 25.1 Å². The van der Waals surface area contributed by atoms with E-state index in [1.807, 2.05) is 24.3 Å². The summed E-state index contributed by atoms with van der Waals surface area (Å²) in [6, 6.07) is 7.58. The van der Waals surface area contributed by atoms with Crippen molar-refractivity contribution in [3.8, 4) is 5.75 Å². The SMILES string of the molecule is CC(Cl)Oc1cccc(Br)c1. The van der Waals surface area contributed by atoms with E-state index >= 15 is 0 Å². The molecule has 1 aromatic carbocycles. The Labute approximate surface area is 79.4 Å². The summed E-state index contributed by atoms with van der Waals surface area (Å²) >= 11 is 8.96. The Bertz CT molecular complexity index is 237. The van der Waals surface area contributed by atoms with Gasteiger partial charge in [0.15, 0.2) is 5.56 Å². The molecule has 0 amide bonds. The first-order chi connectivity index (χ1) is 5.18. The highest BCUT2D eigenvalue weighted by Gasteiger charge is 1.97. The maximum absolute atomic E-state index is 5.63. The van der Waals surface area contributed by atoms with Crippen LogP contribution in [0.2, 0.25) is 0 Å². The van der Waals surface area contributed by atoms with Crippen molar-refractivity contribution in [3.05, 3.63) is 28.7 Å². The van der Waals surface area contributed by atoms with Gasteiger partial charge in [-0.3, -0.25) is 0 Å². The molecule has 1 aromatic rings. The molecule has 0 bridgehead atoms. The highest BCUT2D eigenvalue weighted by Crippen LogP contribution is 2.19. The molecule has 1 unspecified atom stereocenters. The van der Waals surface area contributed by atoms with Crippen LogP contribution in [0.4, 0.5) is 0 Å². The predicted molar refractivity (Wildman–Crippen MR) is 50.1 cm³/mol. The molecule has 0 aliphatic heterocycles. The first-order valence-corrected chi connectivity index (χ1v) is 4.48. The lowest BCUT2D eigenvalue weighted by Gasteiger charge is -2.06. The van der Waals surface area contributed by atoms with E-state index in [-0.39, 0.29) is 5.56 Å². The number of benzene rings is 1. The Morgan fingerprint density at radius 2 is 2.27 bits per heavy atom. The van der Waals surface area contributed by atoms with Crippen LogP contribution in [0.3, 0.4) is 0 Å². The van der Waals surface area contributed by atoms with Gasteiger partial charge in [0, 0.05) is 4.47 Å². The van der Waals surface area contributed by atoms with E-state index in [0.717, 1.165) is 10.2 Å². The third-order valence-electron chi connectivity index (χ3n) is 1.09. The lowest BCUT2D eigenvalue weighted by atomic mass is 10.3. The topological polar surface area (TPSA) is 9.23 Å². The van der Waals surface area contributed by atoms with E-state index in [0.29, 0.717) is 0 Å². The van der Waals surface area contributed by atoms with Crippen molar-refractivity contribution < 1.29 is 4.74 Å². The van der Waals surface area contributed by atoms with Crippen molar-refractivity contribution in [3.63, 3.8) is 0 Å². The molecule has 1 nitrogen and oxygen atoms in total. The number of hydrogen-bond acceptors (Lipinski definition) is 1. The maximum Gasteiger partial charge on any atom is 0.169 e.